The molecule has 0 bridgehead atoms. The van der Waals surface area contributed by atoms with Crippen LogP contribution in [0.1, 0.15) is 11.3 Å². The van der Waals surface area contributed by atoms with Gasteiger partial charge in [0.05, 0.1) is 22.4 Å². The highest BCUT2D eigenvalue weighted by Gasteiger charge is 2.40. The Morgan fingerprint density at radius 1 is 1.54 bits per heavy atom. The highest BCUT2D eigenvalue weighted by atomic mass is 79.9. The van der Waals surface area contributed by atoms with Gasteiger partial charge in [0.1, 0.15) is 0 Å². The summed E-state index contributed by atoms with van der Waals surface area (Å²) in [6, 6.07) is 4.30. The van der Waals surface area contributed by atoms with Crippen LogP contribution in [0.2, 0.25) is 0 Å². The number of ether oxygens (including phenoxy) is 1. The maximum Gasteiger partial charge on any atom is 0.0701 e. The maximum atomic E-state index is 5.31. The zero-order valence-electron chi connectivity index (χ0n) is 7.12. The first-order chi connectivity index (χ1) is 6.27. The molecule has 1 aromatic heterocycles. The van der Waals surface area contributed by atoms with Crippen LogP contribution in [0.25, 0.3) is 0 Å². The second kappa shape index (κ2) is 3.93. The van der Waals surface area contributed by atoms with E-state index in [1.165, 1.54) is 8.66 Å². The zero-order valence-corrected chi connectivity index (χ0v) is 10.4. The molecule has 1 saturated heterocycles. The Kier molecular flexibility index (Phi) is 3.03. The lowest BCUT2D eigenvalue weighted by Gasteiger charge is -2.40. The molecule has 2 rings (SSSR count). The van der Waals surface area contributed by atoms with Crippen LogP contribution in [0.4, 0.5) is 0 Å². The summed E-state index contributed by atoms with van der Waals surface area (Å²) >= 11 is 9.60. The third kappa shape index (κ3) is 1.82. The standard InChI is InChI=1S/C9H11BrOS2/c10-8-2-1-7(13-8)9(3-4-12)5-11-6-9/h1-2,12H,3-6H2. The zero-order chi connectivity index (χ0) is 9.31. The summed E-state index contributed by atoms with van der Waals surface area (Å²) in [5.74, 6) is 0.929. The molecular weight excluding hydrogens is 268 g/mol. The molecule has 0 atom stereocenters. The number of hydrogen-bond donors (Lipinski definition) is 1. The van der Waals surface area contributed by atoms with Crippen LogP contribution >= 0.6 is 39.9 Å². The molecule has 4 heteroatoms. The van der Waals surface area contributed by atoms with Crippen LogP contribution in [0.15, 0.2) is 15.9 Å². The Balaban J connectivity index is 2.21. The molecule has 0 saturated carbocycles. The van der Waals surface area contributed by atoms with Crippen molar-refractivity contribution in [3.05, 3.63) is 20.8 Å². The summed E-state index contributed by atoms with van der Waals surface area (Å²) in [4.78, 5) is 1.43. The molecule has 0 N–H and O–H groups in total. The third-order valence-corrected chi connectivity index (χ3v) is 4.54. The summed E-state index contributed by atoms with van der Waals surface area (Å²) in [7, 11) is 0. The minimum absolute atomic E-state index is 0.276. The molecule has 2 heterocycles. The van der Waals surface area contributed by atoms with Crippen molar-refractivity contribution in [3.63, 3.8) is 0 Å². The van der Waals surface area contributed by atoms with Crippen LogP contribution in [-0.2, 0) is 10.2 Å². The van der Waals surface area contributed by atoms with E-state index in [1.807, 2.05) is 11.3 Å². The quantitative estimate of drug-likeness (QED) is 0.836. The smallest absolute Gasteiger partial charge is 0.0701 e. The van der Waals surface area contributed by atoms with E-state index >= 15 is 0 Å². The lowest BCUT2D eigenvalue weighted by Crippen LogP contribution is -2.46. The number of thiophene rings is 1. The first kappa shape index (κ1) is 10.0. The van der Waals surface area contributed by atoms with E-state index in [9.17, 15) is 0 Å². The van der Waals surface area contributed by atoms with E-state index < -0.39 is 0 Å². The van der Waals surface area contributed by atoms with E-state index in [0.717, 1.165) is 25.4 Å². The van der Waals surface area contributed by atoms with Gasteiger partial charge in [-0.05, 0) is 40.2 Å². The Bertz CT molecular complexity index is 294. The van der Waals surface area contributed by atoms with Crippen molar-refractivity contribution in [1.82, 2.24) is 0 Å². The summed E-state index contributed by atoms with van der Waals surface area (Å²) in [5, 5.41) is 0. The Morgan fingerprint density at radius 3 is 2.69 bits per heavy atom. The number of rotatable bonds is 3. The van der Waals surface area contributed by atoms with Gasteiger partial charge in [0.25, 0.3) is 0 Å². The fraction of sp³-hybridized carbons (Fsp3) is 0.556. The molecular formula is C9H11BrOS2. The second-order valence-corrected chi connectivity index (χ2v) is 6.26. The van der Waals surface area contributed by atoms with Crippen LogP contribution in [0.3, 0.4) is 0 Å². The van der Waals surface area contributed by atoms with Gasteiger partial charge >= 0.3 is 0 Å². The van der Waals surface area contributed by atoms with Gasteiger partial charge in [-0.3, -0.25) is 0 Å². The van der Waals surface area contributed by atoms with Crippen molar-refractivity contribution in [2.24, 2.45) is 0 Å². The Labute approximate surface area is 96.0 Å². The van der Waals surface area contributed by atoms with Gasteiger partial charge in [-0.15, -0.1) is 11.3 Å². The molecule has 72 valence electrons. The number of thiol groups is 1. The Morgan fingerprint density at radius 2 is 2.31 bits per heavy atom. The molecule has 0 unspecified atom stereocenters. The normalized spacial score (nSPS) is 19.8. The van der Waals surface area contributed by atoms with Crippen molar-refractivity contribution in [1.29, 1.82) is 0 Å². The molecule has 1 aliphatic heterocycles. The van der Waals surface area contributed by atoms with E-state index in [2.05, 4.69) is 40.7 Å². The van der Waals surface area contributed by atoms with Gasteiger partial charge in [-0.2, -0.15) is 12.6 Å². The summed E-state index contributed by atoms with van der Waals surface area (Å²) in [6.45, 7) is 1.72. The average molecular weight is 279 g/mol. The van der Waals surface area contributed by atoms with E-state index in [4.69, 9.17) is 4.74 Å². The average Bonchev–Trinajstić information content (AvgIpc) is 2.44. The van der Waals surface area contributed by atoms with Gasteiger partial charge < -0.3 is 4.74 Å². The molecule has 1 aliphatic rings. The van der Waals surface area contributed by atoms with Crippen molar-refractivity contribution in [3.8, 4) is 0 Å². The van der Waals surface area contributed by atoms with Gasteiger partial charge in [-0.25, -0.2) is 0 Å². The summed E-state index contributed by atoms with van der Waals surface area (Å²) < 4.78 is 6.51. The molecule has 1 aromatic rings. The highest BCUT2D eigenvalue weighted by molar-refractivity contribution is 9.11. The van der Waals surface area contributed by atoms with E-state index in [0.29, 0.717) is 0 Å². The number of halogens is 1. The topological polar surface area (TPSA) is 9.23 Å². The molecule has 13 heavy (non-hydrogen) atoms. The number of hydrogen-bond acceptors (Lipinski definition) is 3. The van der Waals surface area contributed by atoms with Gasteiger partial charge in [0.2, 0.25) is 0 Å². The minimum atomic E-state index is 0.276. The van der Waals surface area contributed by atoms with Crippen LogP contribution in [0.5, 0.6) is 0 Å². The fourth-order valence-electron chi connectivity index (χ4n) is 1.57. The highest BCUT2D eigenvalue weighted by Crippen LogP contribution is 2.40. The van der Waals surface area contributed by atoms with Crippen LogP contribution < -0.4 is 0 Å². The summed E-state index contributed by atoms with van der Waals surface area (Å²) in [5.41, 5.74) is 0.276. The molecule has 1 fully saturated rings. The van der Waals surface area contributed by atoms with Gasteiger partial charge in [0, 0.05) is 4.88 Å². The molecule has 0 radical (unpaired) electrons. The first-order valence-corrected chi connectivity index (χ1v) is 6.45. The van der Waals surface area contributed by atoms with Crippen molar-refractivity contribution < 1.29 is 4.74 Å². The van der Waals surface area contributed by atoms with E-state index in [-0.39, 0.29) is 5.41 Å². The lowest BCUT2D eigenvalue weighted by molar-refractivity contribution is -0.0595. The van der Waals surface area contributed by atoms with Crippen molar-refractivity contribution >= 4 is 39.9 Å². The second-order valence-electron chi connectivity index (χ2n) is 3.35. The predicted molar refractivity (Wildman–Crippen MR) is 63.0 cm³/mol. The molecule has 0 amide bonds. The van der Waals surface area contributed by atoms with Crippen molar-refractivity contribution in [2.75, 3.05) is 19.0 Å². The molecule has 0 spiro atoms. The predicted octanol–water partition coefficient (Wildman–Crippen LogP) is 3.10. The fourth-order valence-corrected chi connectivity index (χ4v) is 3.57. The van der Waals surface area contributed by atoms with E-state index in [1.54, 1.807) is 0 Å². The largest absolute Gasteiger partial charge is 0.379 e. The first-order valence-electron chi connectivity index (χ1n) is 4.21. The third-order valence-electron chi connectivity index (χ3n) is 2.44. The SMILES string of the molecule is SCCC1(c2ccc(Br)s2)COC1. The van der Waals surface area contributed by atoms with Gasteiger partial charge in [0.15, 0.2) is 0 Å². The van der Waals surface area contributed by atoms with Gasteiger partial charge in [-0.1, -0.05) is 0 Å². The minimum Gasteiger partial charge on any atom is -0.379 e. The van der Waals surface area contributed by atoms with Crippen LogP contribution in [-0.4, -0.2) is 19.0 Å². The summed E-state index contributed by atoms with van der Waals surface area (Å²) in [6.07, 6.45) is 1.11. The van der Waals surface area contributed by atoms with Crippen LogP contribution in [0, 0.1) is 0 Å². The Hall–Kier alpha value is 0.490. The molecule has 0 aromatic carbocycles. The lowest BCUT2D eigenvalue weighted by atomic mass is 9.82. The monoisotopic (exact) mass is 278 g/mol. The maximum absolute atomic E-state index is 5.31. The molecule has 1 nitrogen and oxygen atoms in total. The van der Waals surface area contributed by atoms with Crippen molar-refractivity contribution in [2.45, 2.75) is 11.8 Å². The molecule has 0 aliphatic carbocycles.